The van der Waals surface area contributed by atoms with Crippen LogP contribution in [0.5, 0.6) is 0 Å². The van der Waals surface area contributed by atoms with E-state index in [1.54, 1.807) is 0 Å². The number of rotatable bonds is 8. The summed E-state index contributed by atoms with van der Waals surface area (Å²) in [5.74, 6) is 3.17. The molecule has 2 rings (SSSR count). The molecule has 1 fully saturated rings. The van der Waals surface area contributed by atoms with Crippen LogP contribution >= 0.6 is 24.0 Å². The summed E-state index contributed by atoms with van der Waals surface area (Å²) >= 11 is 0. The Kier molecular flexibility index (Phi) is 12.0. The van der Waals surface area contributed by atoms with Gasteiger partial charge in [-0.1, -0.05) is 45.7 Å². The highest BCUT2D eigenvalue weighted by atomic mass is 127. The van der Waals surface area contributed by atoms with Crippen LogP contribution in [0.25, 0.3) is 0 Å². The number of hydrogen-bond acceptors (Lipinski definition) is 5. The van der Waals surface area contributed by atoms with E-state index in [1.165, 1.54) is 38.8 Å². The monoisotopic (exact) mass is 506 g/mol. The number of aliphatic imine (C=N–C) groups is 1. The van der Waals surface area contributed by atoms with Crippen molar-refractivity contribution in [2.24, 2.45) is 10.9 Å². The lowest BCUT2D eigenvalue weighted by atomic mass is 10.0. The lowest BCUT2D eigenvalue weighted by Gasteiger charge is -2.34. The summed E-state index contributed by atoms with van der Waals surface area (Å²) < 4.78 is 5.29. The lowest BCUT2D eigenvalue weighted by molar-refractivity contribution is 0.161. The molecule has 1 aliphatic heterocycles. The third-order valence-electron chi connectivity index (χ3n) is 5.21. The van der Waals surface area contributed by atoms with E-state index in [0.717, 1.165) is 24.9 Å². The molecule has 0 bridgehead atoms. The van der Waals surface area contributed by atoms with Crippen molar-refractivity contribution in [1.82, 2.24) is 25.7 Å². The maximum atomic E-state index is 5.29. The molecule has 0 aromatic carbocycles. The maximum Gasteiger partial charge on any atom is 0.228 e. The second-order valence-electron chi connectivity index (χ2n) is 8.09. The Labute approximate surface area is 187 Å². The molecule has 0 radical (unpaired) electrons. The topological polar surface area (TPSA) is 78.6 Å². The van der Waals surface area contributed by atoms with Crippen LogP contribution in [0.2, 0.25) is 0 Å². The van der Waals surface area contributed by atoms with Crippen LogP contribution in [0.1, 0.15) is 71.0 Å². The molecule has 8 heteroatoms. The summed E-state index contributed by atoms with van der Waals surface area (Å²) in [5, 5.41) is 10.9. The van der Waals surface area contributed by atoms with Crippen molar-refractivity contribution in [3.63, 3.8) is 0 Å². The van der Waals surface area contributed by atoms with Gasteiger partial charge in [-0.05, 0) is 31.8 Å². The summed E-state index contributed by atoms with van der Waals surface area (Å²) in [6.45, 7) is 12.8. The molecule has 2 N–H and O–H groups in total. The Balaban J connectivity index is 0.00000392. The van der Waals surface area contributed by atoms with Crippen LogP contribution in [0.4, 0.5) is 0 Å². The number of aromatic nitrogens is 2. The van der Waals surface area contributed by atoms with Gasteiger partial charge in [-0.2, -0.15) is 4.98 Å². The highest BCUT2D eigenvalue weighted by molar-refractivity contribution is 14.0. The number of nitrogens with zero attached hydrogens (tertiary/aromatic N) is 4. The quantitative estimate of drug-likeness (QED) is 0.320. The van der Waals surface area contributed by atoms with Gasteiger partial charge in [0.1, 0.15) is 0 Å². The van der Waals surface area contributed by atoms with Crippen molar-refractivity contribution in [3.8, 4) is 0 Å². The molecule has 1 saturated heterocycles. The van der Waals surface area contributed by atoms with E-state index < -0.39 is 0 Å². The van der Waals surface area contributed by atoms with E-state index in [2.05, 4.69) is 58.4 Å². The molecule has 0 aliphatic carbocycles. The van der Waals surface area contributed by atoms with E-state index in [-0.39, 0.29) is 29.9 Å². The highest BCUT2D eigenvalue weighted by Gasteiger charge is 2.22. The molecule has 0 amide bonds. The first-order valence-electron chi connectivity index (χ1n) is 10.5. The molecule has 1 aromatic heterocycles. The molecule has 1 atom stereocenters. The molecule has 0 spiro atoms. The van der Waals surface area contributed by atoms with E-state index >= 15 is 0 Å². The largest absolute Gasteiger partial charge is 0.356 e. The van der Waals surface area contributed by atoms with Crippen molar-refractivity contribution < 1.29 is 4.52 Å². The SMILES string of the molecule is CN=C(NCCc1nc(C(C)C)no1)NCC(C(C)C)N1CCCCCC1.I. The van der Waals surface area contributed by atoms with Crippen molar-refractivity contribution in [3.05, 3.63) is 11.7 Å². The predicted octanol–water partition coefficient (Wildman–Crippen LogP) is 3.42. The smallest absolute Gasteiger partial charge is 0.228 e. The average Bonchev–Trinajstić information content (AvgIpc) is 2.95. The molecule has 28 heavy (non-hydrogen) atoms. The van der Waals surface area contributed by atoms with E-state index in [1.807, 2.05) is 7.05 Å². The Morgan fingerprint density at radius 1 is 1.11 bits per heavy atom. The predicted molar refractivity (Wildman–Crippen MR) is 126 cm³/mol. The van der Waals surface area contributed by atoms with Gasteiger partial charge in [-0.15, -0.1) is 24.0 Å². The fraction of sp³-hybridized carbons (Fsp3) is 0.850. The molecule has 2 heterocycles. The standard InChI is InChI=1S/C20H38N6O.HI/c1-15(2)17(26-12-8-6-7-9-13-26)14-23-20(21-5)22-11-10-18-24-19(16(3)4)25-27-18;/h15-17H,6-14H2,1-5H3,(H2,21,22,23);1H. The van der Waals surface area contributed by atoms with Crippen molar-refractivity contribution >= 4 is 29.9 Å². The van der Waals surface area contributed by atoms with Gasteiger partial charge in [0.05, 0.1) is 0 Å². The maximum absolute atomic E-state index is 5.29. The lowest BCUT2D eigenvalue weighted by Crippen LogP contribution is -2.50. The van der Waals surface area contributed by atoms with Crippen LogP contribution in [-0.2, 0) is 6.42 Å². The molecule has 1 aliphatic rings. The Bertz CT molecular complexity index is 567. The second kappa shape index (κ2) is 13.3. The molecule has 162 valence electrons. The third-order valence-corrected chi connectivity index (χ3v) is 5.21. The van der Waals surface area contributed by atoms with Crippen LogP contribution in [0.3, 0.4) is 0 Å². The zero-order valence-electron chi connectivity index (χ0n) is 18.2. The molecule has 7 nitrogen and oxygen atoms in total. The minimum absolute atomic E-state index is 0. The number of halogens is 1. The number of guanidine groups is 1. The molecule has 1 unspecified atom stereocenters. The molecule has 1 aromatic rings. The summed E-state index contributed by atoms with van der Waals surface area (Å²) in [7, 11) is 1.81. The minimum Gasteiger partial charge on any atom is -0.356 e. The van der Waals surface area contributed by atoms with Crippen molar-refractivity contribution in [2.45, 2.75) is 71.8 Å². The first-order valence-corrected chi connectivity index (χ1v) is 10.5. The zero-order valence-corrected chi connectivity index (χ0v) is 20.5. The normalized spacial score (nSPS) is 17.3. The fourth-order valence-corrected chi connectivity index (χ4v) is 3.53. The number of hydrogen-bond donors (Lipinski definition) is 2. The van der Waals surface area contributed by atoms with Crippen LogP contribution in [-0.4, -0.2) is 60.3 Å². The van der Waals surface area contributed by atoms with Crippen molar-refractivity contribution in [1.29, 1.82) is 0 Å². The Hall–Kier alpha value is -0.900. The molecular weight excluding hydrogens is 467 g/mol. The average molecular weight is 506 g/mol. The second-order valence-corrected chi connectivity index (χ2v) is 8.09. The zero-order chi connectivity index (χ0) is 19.6. The van der Waals surface area contributed by atoms with Gasteiger partial charge < -0.3 is 15.2 Å². The summed E-state index contributed by atoms with van der Waals surface area (Å²) in [6, 6.07) is 0.534. The van der Waals surface area contributed by atoms with E-state index in [9.17, 15) is 0 Å². The first kappa shape index (κ1) is 25.1. The molecular formula is C20H39IN6O. The first-order chi connectivity index (χ1) is 13.0. The van der Waals surface area contributed by atoms with Gasteiger partial charge in [-0.25, -0.2) is 0 Å². The van der Waals surface area contributed by atoms with Crippen LogP contribution in [0.15, 0.2) is 9.52 Å². The van der Waals surface area contributed by atoms with E-state index in [0.29, 0.717) is 24.3 Å². The number of likely N-dealkylation sites (tertiary alicyclic amines) is 1. The van der Waals surface area contributed by atoms with Gasteiger partial charge in [0.15, 0.2) is 11.8 Å². The number of nitrogens with one attached hydrogen (secondary N) is 2. The Morgan fingerprint density at radius 2 is 1.79 bits per heavy atom. The van der Waals surface area contributed by atoms with E-state index in [4.69, 9.17) is 4.52 Å². The summed E-state index contributed by atoms with van der Waals surface area (Å²) in [4.78, 5) is 11.4. The third kappa shape index (κ3) is 8.23. The van der Waals surface area contributed by atoms with Crippen LogP contribution < -0.4 is 10.6 Å². The summed E-state index contributed by atoms with van der Waals surface area (Å²) in [5.41, 5.74) is 0. The minimum atomic E-state index is 0. The Morgan fingerprint density at radius 3 is 2.32 bits per heavy atom. The summed E-state index contributed by atoms with van der Waals surface area (Å²) in [6.07, 6.45) is 6.07. The van der Waals surface area contributed by atoms with Gasteiger partial charge in [0, 0.05) is 38.5 Å². The highest BCUT2D eigenvalue weighted by Crippen LogP contribution is 2.17. The van der Waals surface area contributed by atoms with Crippen molar-refractivity contribution in [2.75, 3.05) is 33.2 Å². The fourth-order valence-electron chi connectivity index (χ4n) is 3.53. The molecule has 0 saturated carbocycles. The van der Waals surface area contributed by atoms with Gasteiger partial charge in [-0.3, -0.25) is 9.89 Å². The van der Waals surface area contributed by atoms with Crippen LogP contribution in [0, 0.1) is 5.92 Å². The van der Waals surface area contributed by atoms with Gasteiger partial charge >= 0.3 is 0 Å². The van der Waals surface area contributed by atoms with Gasteiger partial charge in [0.25, 0.3) is 0 Å². The van der Waals surface area contributed by atoms with Gasteiger partial charge in [0.2, 0.25) is 5.89 Å².